The molecule has 0 nitrogen and oxygen atoms in total. The average Bonchev–Trinajstić information content (AvgIpc) is 2.37. The fraction of sp³-hybridized carbons (Fsp3) is 0.474. The van der Waals surface area contributed by atoms with Crippen LogP contribution in [0.5, 0.6) is 0 Å². The Balaban J connectivity index is 1.97. The van der Waals surface area contributed by atoms with E-state index in [1.165, 1.54) is 5.57 Å². The summed E-state index contributed by atoms with van der Waals surface area (Å²) in [6, 6.07) is 0. The lowest BCUT2D eigenvalue weighted by atomic mass is 9.37. The van der Waals surface area contributed by atoms with Crippen LogP contribution in [0.3, 0.4) is 0 Å². The van der Waals surface area contributed by atoms with Crippen molar-refractivity contribution >= 4 is 0 Å². The quantitative estimate of drug-likeness (QED) is 0.532. The van der Waals surface area contributed by atoms with Crippen LogP contribution in [0, 0.1) is 21.7 Å². The van der Waals surface area contributed by atoms with Gasteiger partial charge in [0, 0.05) is 21.7 Å². The van der Waals surface area contributed by atoms with Gasteiger partial charge in [0.25, 0.3) is 0 Å². The van der Waals surface area contributed by atoms with Crippen LogP contribution in [-0.2, 0) is 0 Å². The van der Waals surface area contributed by atoms with Crippen LogP contribution in [-0.4, -0.2) is 0 Å². The van der Waals surface area contributed by atoms with E-state index < -0.39 is 0 Å². The smallest absolute Gasteiger partial charge is 0.0262 e. The number of allylic oxidation sites excluding steroid dienone is 10. The maximum Gasteiger partial charge on any atom is 0.0262 e. The van der Waals surface area contributed by atoms with Crippen molar-refractivity contribution in [3.8, 4) is 0 Å². The Labute approximate surface area is 116 Å². The molecule has 0 radical (unpaired) electrons. The second-order valence-corrected chi connectivity index (χ2v) is 7.55. The molecule has 19 heavy (non-hydrogen) atoms. The van der Waals surface area contributed by atoms with Crippen molar-refractivity contribution in [2.75, 3.05) is 0 Å². The normalized spacial score (nSPS) is 52.8. The van der Waals surface area contributed by atoms with Crippen LogP contribution in [0.25, 0.3) is 0 Å². The van der Waals surface area contributed by atoms with Crippen LogP contribution in [0.1, 0.15) is 34.6 Å². The van der Waals surface area contributed by atoms with Gasteiger partial charge < -0.3 is 0 Å². The Bertz CT molecular complexity index is 654. The van der Waals surface area contributed by atoms with Crippen molar-refractivity contribution in [1.82, 2.24) is 0 Å². The van der Waals surface area contributed by atoms with E-state index in [0.717, 1.165) is 0 Å². The third-order valence-corrected chi connectivity index (χ3v) is 6.82. The van der Waals surface area contributed by atoms with Crippen molar-refractivity contribution in [3.05, 3.63) is 59.3 Å². The molecule has 4 aliphatic carbocycles. The lowest BCUT2D eigenvalue weighted by Gasteiger charge is -2.66. The highest BCUT2D eigenvalue weighted by Crippen LogP contribution is 2.73. The zero-order chi connectivity index (χ0) is 13.7. The summed E-state index contributed by atoms with van der Waals surface area (Å²) in [5.41, 5.74) is 5.44. The van der Waals surface area contributed by atoms with Crippen molar-refractivity contribution in [3.63, 3.8) is 0 Å². The van der Waals surface area contributed by atoms with Crippen LogP contribution in [0.15, 0.2) is 59.3 Å². The molecule has 4 unspecified atom stereocenters. The molecule has 0 aliphatic heterocycles. The van der Waals surface area contributed by atoms with E-state index in [2.05, 4.69) is 77.2 Å². The molecule has 0 heteroatoms. The minimum atomic E-state index is 0.186. The standard InChI is InChI=1S/C19H22/c1-13-7-6-8-18(4)14-11-16(2)9-10-17(16,3)12-15(14)19(13,18)5/h6-12H,1-5H3. The van der Waals surface area contributed by atoms with Crippen molar-refractivity contribution in [2.24, 2.45) is 21.7 Å². The van der Waals surface area contributed by atoms with E-state index in [1.807, 2.05) is 0 Å². The summed E-state index contributed by atoms with van der Waals surface area (Å²) in [5.74, 6) is 0. The van der Waals surface area contributed by atoms with Gasteiger partial charge in [0.05, 0.1) is 0 Å². The number of hydrogen-bond donors (Lipinski definition) is 0. The summed E-state index contributed by atoms with van der Waals surface area (Å²) in [6.45, 7) is 11.8. The summed E-state index contributed by atoms with van der Waals surface area (Å²) in [5, 5.41) is 0. The predicted octanol–water partition coefficient (Wildman–Crippen LogP) is 4.98. The Morgan fingerprint density at radius 2 is 1.37 bits per heavy atom. The molecule has 98 valence electrons. The number of fused-ring (bicyclic) bond motifs is 5. The first-order valence-electron chi connectivity index (χ1n) is 7.31. The van der Waals surface area contributed by atoms with E-state index in [9.17, 15) is 0 Å². The molecule has 0 saturated heterocycles. The van der Waals surface area contributed by atoms with Crippen molar-refractivity contribution in [1.29, 1.82) is 0 Å². The molecule has 0 aromatic heterocycles. The Morgan fingerprint density at radius 3 is 1.95 bits per heavy atom. The van der Waals surface area contributed by atoms with Crippen molar-refractivity contribution in [2.45, 2.75) is 34.6 Å². The predicted molar refractivity (Wildman–Crippen MR) is 80.6 cm³/mol. The van der Waals surface area contributed by atoms with Gasteiger partial charge in [0.2, 0.25) is 0 Å². The van der Waals surface area contributed by atoms with Gasteiger partial charge in [-0.15, -0.1) is 0 Å². The molecule has 0 heterocycles. The fourth-order valence-corrected chi connectivity index (χ4v) is 4.53. The first-order chi connectivity index (χ1) is 8.77. The second kappa shape index (κ2) is 2.75. The SMILES string of the molecule is CC1=CC=CC2(C)C3=CC4(C)C=CC4(C)C=C3C12C. The minimum Gasteiger partial charge on any atom is -0.0767 e. The Hall–Kier alpha value is -1.30. The lowest BCUT2D eigenvalue weighted by molar-refractivity contribution is 0.156. The second-order valence-electron chi connectivity index (χ2n) is 7.55. The van der Waals surface area contributed by atoms with E-state index in [0.29, 0.717) is 0 Å². The van der Waals surface area contributed by atoms with Gasteiger partial charge in [0.15, 0.2) is 0 Å². The van der Waals surface area contributed by atoms with Gasteiger partial charge in [0.1, 0.15) is 0 Å². The molecule has 0 spiro atoms. The highest BCUT2D eigenvalue weighted by atomic mass is 14.7. The first-order valence-corrected chi connectivity index (χ1v) is 7.31. The molecule has 0 bridgehead atoms. The van der Waals surface area contributed by atoms with Crippen LogP contribution in [0.2, 0.25) is 0 Å². The molecule has 1 fully saturated rings. The van der Waals surface area contributed by atoms with Gasteiger partial charge in [-0.2, -0.15) is 0 Å². The van der Waals surface area contributed by atoms with Gasteiger partial charge in [-0.3, -0.25) is 0 Å². The summed E-state index contributed by atoms with van der Waals surface area (Å²) in [7, 11) is 0. The maximum atomic E-state index is 2.54. The first kappa shape index (κ1) is 11.5. The molecule has 4 rings (SSSR count). The van der Waals surface area contributed by atoms with Gasteiger partial charge >= 0.3 is 0 Å². The Kier molecular flexibility index (Phi) is 1.67. The summed E-state index contributed by atoms with van der Waals surface area (Å²) < 4.78 is 0. The average molecular weight is 250 g/mol. The summed E-state index contributed by atoms with van der Waals surface area (Å²) >= 11 is 0. The fourth-order valence-electron chi connectivity index (χ4n) is 4.53. The summed E-state index contributed by atoms with van der Waals surface area (Å²) in [6.07, 6.45) is 16.7. The van der Waals surface area contributed by atoms with Crippen LogP contribution < -0.4 is 0 Å². The van der Waals surface area contributed by atoms with E-state index >= 15 is 0 Å². The van der Waals surface area contributed by atoms with Gasteiger partial charge in [-0.05, 0) is 18.1 Å². The molecular formula is C19H22. The molecule has 0 N–H and O–H groups in total. The highest BCUT2D eigenvalue weighted by molar-refractivity contribution is 5.68. The Morgan fingerprint density at radius 1 is 0.789 bits per heavy atom. The molecule has 0 aromatic carbocycles. The van der Waals surface area contributed by atoms with E-state index in [-0.39, 0.29) is 21.7 Å². The van der Waals surface area contributed by atoms with E-state index in [4.69, 9.17) is 0 Å². The topological polar surface area (TPSA) is 0 Å². The lowest BCUT2D eigenvalue weighted by Crippen LogP contribution is -2.56. The van der Waals surface area contributed by atoms with Gasteiger partial charge in [-0.25, -0.2) is 0 Å². The largest absolute Gasteiger partial charge is 0.0767 e. The zero-order valence-electron chi connectivity index (χ0n) is 12.5. The molecular weight excluding hydrogens is 228 g/mol. The third-order valence-electron chi connectivity index (χ3n) is 6.82. The maximum absolute atomic E-state index is 2.54. The summed E-state index contributed by atoms with van der Waals surface area (Å²) in [4.78, 5) is 0. The molecule has 4 atom stereocenters. The molecule has 1 saturated carbocycles. The molecule has 0 amide bonds. The van der Waals surface area contributed by atoms with Gasteiger partial charge in [-0.1, -0.05) is 75.8 Å². The number of hydrogen-bond acceptors (Lipinski definition) is 0. The highest BCUT2D eigenvalue weighted by Gasteiger charge is 2.64. The number of rotatable bonds is 0. The van der Waals surface area contributed by atoms with Crippen molar-refractivity contribution < 1.29 is 0 Å². The molecule has 4 aliphatic rings. The van der Waals surface area contributed by atoms with E-state index in [1.54, 1.807) is 11.1 Å². The van der Waals surface area contributed by atoms with Crippen LogP contribution >= 0.6 is 0 Å². The zero-order valence-corrected chi connectivity index (χ0v) is 12.5. The molecule has 0 aromatic rings. The minimum absolute atomic E-state index is 0.186. The monoisotopic (exact) mass is 250 g/mol. The third kappa shape index (κ3) is 0.918. The van der Waals surface area contributed by atoms with Crippen LogP contribution in [0.4, 0.5) is 0 Å².